The molecule has 2 aliphatic rings. The molecule has 192 valence electrons. The van der Waals surface area contributed by atoms with E-state index >= 15 is 0 Å². The van der Waals surface area contributed by atoms with Gasteiger partial charge in [0.2, 0.25) is 0 Å². The molecule has 0 unspecified atom stereocenters. The maximum atomic E-state index is 13.4. The van der Waals surface area contributed by atoms with E-state index in [0.29, 0.717) is 30.3 Å². The van der Waals surface area contributed by atoms with E-state index in [-0.39, 0.29) is 30.1 Å². The molecule has 2 fully saturated rings. The molecular formula is C23H24ClF4NO5S. The Hall–Kier alpha value is -2.37. The average molecular weight is 538 g/mol. The number of likely N-dealkylation sites (tertiary alicyclic amines) is 1. The zero-order chi connectivity index (χ0) is 24.7. The van der Waals surface area contributed by atoms with Gasteiger partial charge >= 0.3 is 18.5 Å². The Labute approximate surface area is 206 Å². The van der Waals surface area contributed by atoms with Gasteiger partial charge in [-0.15, -0.1) is 12.4 Å². The summed E-state index contributed by atoms with van der Waals surface area (Å²) in [6.45, 7) is 0.820. The monoisotopic (exact) mass is 537 g/mol. The number of hydrogen-bond acceptors (Lipinski definition) is 5. The molecule has 0 bridgehead atoms. The third-order valence-electron chi connectivity index (χ3n) is 6.43. The lowest BCUT2D eigenvalue weighted by Gasteiger charge is -2.38. The molecule has 2 aromatic rings. The largest absolute Gasteiger partial charge is 0.480 e. The first-order valence-electron chi connectivity index (χ1n) is 10.7. The molecule has 0 amide bonds. The normalized spacial score (nSPS) is 18.7. The summed E-state index contributed by atoms with van der Waals surface area (Å²) in [6.07, 6.45) is -6.48. The Bertz CT molecular complexity index is 1150. The zero-order valence-electron chi connectivity index (χ0n) is 18.4. The first kappa shape index (κ1) is 27.2. The van der Waals surface area contributed by atoms with E-state index in [0.717, 1.165) is 25.0 Å². The Morgan fingerprint density at radius 2 is 1.49 bits per heavy atom. The van der Waals surface area contributed by atoms with E-state index in [4.69, 9.17) is 0 Å². The van der Waals surface area contributed by atoms with Crippen molar-refractivity contribution in [2.75, 3.05) is 13.1 Å². The fourth-order valence-electron chi connectivity index (χ4n) is 4.26. The number of halogens is 5. The van der Waals surface area contributed by atoms with Gasteiger partial charge in [-0.3, -0.25) is 4.79 Å². The summed E-state index contributed by atoms with van der Waals surface area (Å²) in [4.78, 5) is 14.2. The third kappa shape index (κ3) is 5.26. The summed E-state index contributed by atoms with van der Waals surface area (Å²) in [5.74, 6) is -1.81. The number of nitrogens with zero attached hydrogens (tertiary/aromatic N) is 1. The second kappa shape index (κ2) is 9.94. The number of piperidine rings is 1. The van der Waals surface area contributed by atoms with E-state index < -0.39 is 38.8 Å². The molecule has 35 heavy (non-hydrogen) atoms. The average Bonchev–Trinajstić information content (AvgIpc) is 3.65. The third-order valence-corrected chi connectivity index (χ3v) is 8.94. The van der Waals surface area contributed by atoms with Crippen molar-refractivity contribution >= 4 is 28.2 Å². The Kier molecular flexibility index (Phi) is 7.73. The highest BCUT2D eigenvalue weighted by molar-refractivity contribution is 7.93. The fourth-order valence-corrected chi connectivity index (χ4v) is 6.15. The molecule has 0 atom stereocenters. The van der Waals surface area contributed by atoms with E-state index in [1.54, 1.807) is 0 Å². The Balaban J connectivity index is 0.00000342. The SMILES string of the molecule is Cl.O=C(O)C1(S(=O)(=O)c2ccc(-c3ccc(OC(F)(F)C(F)F)cc3)cc2)CCN(C2CC2)CC1. The van der Waals surface area contributed by atoms with Crippen molar-refractivity contribution in [2.45, 2.75) is 53.9 Å². The number of alkyl halides is 4. The molecule has 4 rings (SSSR count). The first-order chi connectivity index (χ1) is 16.0. The molecule has 12 heteroatoms. The minimum Gasteiger partial charge on any atom is -0.480 e. The zero-order valence-corrected chi connectivity index (χ0v) is 20.0. The number of carboxylic acids is 1. The molecule has 2 aromatic carbocycles. The van der Waals surface area contributed by atoms with Crippen molar-refractivity contribution in [1.29, 1.82) is 0 Å². The highest BCUT2D eigenvalue weighted by Crippen LogP contribution is 2.39. The molecule has 1 heterocycles. The highest BCUT2D eigenvalue weighted by atomic mass is 35.5. The van der Waals surface area contributed by atoms with Crippen molar-refractivity contribution in [3.8, 4) is 16.9 Å². The van der Waals surface area contributed by atoms with Crippen LogP contribution in [0.5, 0.6) is 5.75 Å². The van der Waals surface area contributed by atoms with Gasteiger partial charge in [-0.05, 0) is 61.1 Å². The van der Waals surface area contributed by atoms with Gasteiger partial charge in [-0.1, -0.05) is 24.3 Å². The van der Waals surface area contributed by atoms with Gasteiger partial charge in [-0.2, -0.15) is 17.6 Å². The van der Waals surface area contributed by atoms with Crippen LogP contribution < -0.4 is 4.74 Å². The second-order valence-corrected chi connectivity index (χ2v) is 10.8. The number of ether oxygens (including phenoxy) is 1. The van der Waals surface area contributed by atoms with Crippen molar-refractivity contribution in [3.63, 3.8) is 0 Å². The van der Waals surface area contributed by atoms with Crippen LogP contribution in [0.1, 0.15) is 25.7 Å². The van der Waals surface area contributed by atoms with Gasteiger partial charge in [0.1, 0.15) is 5.75 Å². The van der Waals surface area contributed by atoms with Gasteiger partial charge in [0.05, 0.1) is 4.90 Å². The fraction of sp³-hybridized carbons (Fsp3) is 0.435. The van der Waals surface area contributed by atoms with Gasteiger partial charge in [0, 0.05) is 19.1 Å². The molecule has 1 N–H and O–H groups in total. The topological polar surface area (TPSA) is 83.9 Å². The lowest BCUT2D eigenvalue weighted by atomic mass is 9.95. The molecule has 1 saturated heterocycles. The molecule has 0 spiro atoms. The smallest absolute Gasteiger partial charge is 0.461 e. The van der Waals surface area contributed by atoms with Crippen LogP contribution in [0.2, 0.25) is 0 Å². The van der Waals surface area contributed by atoms with Crippen molar-refractivity contribution in [1.82, 2.24) is 4.90 Å². The minimum atomic E-state index is -4.62. The van der Waals surface area contributed by atoms with E-state index in [2.05, 4.69) is 9.64 Å². The van der Waals surface area contributed by atoms with Crippen molar-refractivity contribution in [2.24, 2.45) is 0 Å². The van der Waals surface area contributed by atoms with Crippen LogP contribution in [0.4, 0.5) is 17.6 Å². The maximum Gasteiger partial charge on any atom is 0.461 e. The van der Waals surface area contributed by atoms with Crippen LogP contribution in [-0.4, -0.2) is 60.8 Å². The van der Waals surface area contributed by atoms with Gasteiger partial charge in [0.15, 0.2) is 14.6 Å². The molecule has 6 nitrogen and oxygen atoms in total. The summed E-state index contributed by atoms with van der Waals surface area (Å²) < 4.78 is 79.5. The van der Waals surface area contributed by atoms with Gasteiger partial charge < -0.3 is 14.7 Å². The van der Waals surface area contributed by atoms with Gasteiger partial charge in [0.25, 0.3) is 0 Å². The summed E-state index contributed by atoms with van der Waals surface area (Å²) in [6, 6.07) is 10.9. The van der Waals surface area contributed by atoms with Crippen LogP contribution in [0.15, 0.2) is 53.4 Å². The number of carboxylic acid groups (broad SMARTS) is 1. The molecular weight excluding hydrogens is 514 g/mol. The number of hydrogen-bond donors (Lipinski definition) is 1. The van der Waals surface area contributed by atoms with Gasteiger partial charge in [-0.25, -0.2) is 8.42 Å². The highest BCUT2D eigenvalue weighted by Gasteiger charge is 2.54. The molecule has 0 radical (unpaired) electrons. The summed E-state index contributed by atoms with van der Waals surface area (Å²) >= 11 is 0. The standard InChI is InChI=1S/C23H23F4NO5S.ClH/c24-20(25)23(26,27)33-18-7-1-15(2-8-18)16-3-9-19(10-4-16)34(31,32)22(21(29)30)11-13-28(14-12-22)17-5-6-17;/h1-4,7-10,17,20H,5-6,11-14H2,(H,29,30);1H. The van der Waals surface area contributed by atoms with E-state index in [9.17, 15) is 35.9 Å². The van der Waals surface area contributed by atoms with Crippen LogP contribution >= 0.6 is 12.4 Å². The Morgan fingerprint density at radius 3 is 1.91 bits per heavy atom. The predicted octanol–water partition coefficient (Wildman–Crippen LogP) is 4.87. The molecule has 1 saturated carbocycles. The maximum absolute atomic E-state index is 13.4. The second-order valence-electron chi connectivity index (χ2n) is 8.58. The van der Waals surface area contributed by atoms with Crippen LogP contribution in [-0.2, 0) is 14.6 Å². The molecule has 1 aliphatic carbocycles. The predicted molar refractivity (Wildman–Crippen MR) is 122 cm³/mol. The lowest BCUT2D eigenvalue weighted by molar-refractivity contribution is -0.253. The van der Waals surface area contributed by atoms with Crippen molar-refractivity contribution in [3.05, 3.63) is 48.5 Å². The van der Waals surface area contributed by atoms with Crippen LogP contribution in [0.25, 0.3) is 11.1 Å². The lowest BCUT2D eigenvalue weighted by Crippen LogP contribution is -2.54. The number of sulfone groups is 1. The number of aliphatic carboxylic acids is 1. The van der Waals surface area contributed by atoms with Crippen LogP contribution in [0, 0.1) is 0 Å². The minimum absolute atomic E-state index is 0. The first-order valence-corrected chi connectivity index (χ1v) is 12.2. The van der Waals surface area contributed by atoms with E-state index in [1.165, 1.54) is 36.4 Å². The summed E-state index contributed by atoms with van der Waals surface area (Å²) in [5.41, 5.74) is 1.03. The Morgan fingerprint density at radius 1 is 1.00 bits per heavy atom. The summed E-state index contributed by atoms with van der Waals surface area (Å²) in [5, 5.41) is 9.89. The quantitative estimate of drug-likeness (QED) is 0.484. The number of carbonyl (C=O) groups is 1. The summed E-state index contributed by atoms with van der Waals surface area (Å²) in [7, 11) is -4.19. The van der Waals surface area contributed by atoms with E-state index in [1.807, 2.05) is 0 Å². The van der Waals surface area contributed by atoms with Crippen molar-refractivity contribution < 1.29 is 40.6 Å². The number of rotatable bonds is 8. The number of benzene rings is 2. The molecule has 0 aromatic heterocycles. The van der Waals surface area contributed by atoms with Crippen LogP contribution in [0.3, 0.4) is 0 Å². The molecule has 1 aliphatic heterocycles.